The molecule has 0 aliphatic carbocycles. The third kappa shape index (κ3) is 6.36. The Bertz CT molecular complexity index is 262. The van der Waals surface area contributed by atoms with Crippen LogP contribution in [-0.2, 0) is 4.79 Å². The Morgan fingerprint density at radius 3 is 2.47 bits per heavy atom. The van der Waals surface area contributed by atoms with Gasteiger partial charge >= 0.3 is 0 Å². The first-order chi connectivity index (χ1) is 9.00. The van der Waals surface area contributed by atoms with Gasteiger partial charge in [0.15, 0.2) is 0 Å². The van der Waals surface area contributed by atoms with E-state index in [1.54, 1.807) is 0 Å². The highest BCUT2D eigenvalue weighted by molar-refractivity contribution is 5.78. The van der Waals surface area contributed by atoms with E-state index in [2.05, 4.69) is 43.1 Å². The molecule has 1 rings (SSSR count). The number of likely N-dealkylation sites (N-methyl/N-ethyl adjacent to an activating group) is 1. The second-order valence-electron chi connectivity index (χ2n) is 5.79. The zero-order chi connectivity index (χ0) is 14.3. The van der Waals surface area contributed by atoms with Gasteiger partial charge in [-0.15, -0.1) is 0 Å². The summed E-state index contributed by atoms with van der Waals surface area (Å²) in [6, 6.07) is 0.590. The lowest BCUT2D eigenvalue weighted by molar-refractivity contribution is -0.131. The van der Waals surface area contributed by atoms with Gasteiger partial charge in [-0.05, 0) is 47.5 Å². The fraction of sp³-hybridized carbons (Fsp3) is 0.929. The Kier molecular flexibility index (Phi) is 7.34. The van der Waals surface area contributed by atoms with Crippen LogP contribution >= 0.6 is 0 Å². The number of nitrogens with one attached hydrogen (secondary N) is 1. The van der Waals surface area contributed by atoms with Gasteiger partial charge in [0.2, 0.25) is 5.91 Å². The molecule has 112 valence electrons. The van der Waals surface area contributed by atoms with Crippen molar-refractivity contribution in [3.05, 3.63) is 0 Å². The Morgan fingerprint density at radius 2 is 1.89 bits per heavy atom. The second-order valence-corrected chi connectivity index (χ2v) is 5.79. The van der Waals surface area contributed by atoms with Crippen molar-refractivity contribution < 1.29 is 4.79 Å². The molecule has 0 aromatic carbocycles. The summed E-state index contributed by atoms with van der Waals surface area (Å²) in [5.74, 6) is 0.241. The van der Waals surface area contributed by atoms with E-state index in [0.29, 0.717) is 12.6 Å². The summed E-state index contributed by atoms with van der Waals surface area (Å²) in [4.78, 5) is 18.5. The zero-order valence-corrected chi connectivity index (χ0v) is 13.0. The highest BCUT2D eigenvalue weighted by atomic mass is 16.2. The maximum atomic E-state index is 11.9. The Morgan fingerprint density at radius 1 is 1.26 bits per heavy atom. The van der Waals surface area contributed by atoms with E-state index in [9.17, 15) is 4.79 Å². The van der Waals surface area contributed by atoms with Crippen molar-refractivity contribution in [1.29, 1.82) is 0 Å². The van der Waals surface area contributed by atoms with Crippen LogP contribution in [0.3, 0.4) is 0 Å². The number of amides is 1. The van der Waals surface area contributed by atoms with Crippen LogP contribution < -0.4 is 5.32 Å². The molecule has 0 bridgehead atoms. The SMILES string of the molecule is CC(C)N(C)CCCNCC(=O)N1CCN(C)CC1. The summed E-state index contributed by atoms with van der Waals surface area (Å²) in [6.45, 7) is 10.6. The molecule has 0 unspecified atom stereocenters. The smallest absolute Gasteiger partial charge is 0.236 e. The van der Waals surface area contributed by atoms with Crippen molar-refractivity contribution in [2.75, 3.05) is 59.9 Å². The van der Waals surface area contributed by atoms with Gasteiger partial charge in [0.05, 0.1) is 6.54 Å². The molecule has 1 fully saturated rings. The second kappa shape index (κ2) is 8.51. The monoisotopic (exact) mass is 270 g/mol. The lowest BCUT2D eigenvalue weighted by Crippen LogP contribution is -2.49. The Balaban J connectivity index is 2.04. The number of piperazine rings is 1. The fourth-order valence-electron chi connectivity index (χ4n) is 2.07. The number of hydrogen-bond donors (Lipinski definition) is 1. The van der Waals surface area contributed by atoms with E-state index >= 15 is 0 Å². The molecule has 0 saturated carbocycles. The van der Waals surface area contributed by atoms with E-state index in [4.69, 9.17) is 0 Å². The van der Waals surface area contributed by atoms with Gasteiger partial charge in [0.1, 0.15) is 0 Å². The van der Waals surface area contributed by atoms with Crippen LogP contribution in [0, 0.1) is 0 Å². The number of hydrogen-bond acceptors (Lipinski definition) is 4. The Labute approximate surface area is 117 Å². The predicted molar refractivity (Wildman–Crippen MR) is 79.3 cm³/mol. The van der Waals surface area contributed by atoms with E-state index < -0.39 is 0 Å². The number of carbonyl (C=O) groups excluding carboxylic acids is 1. The van der Waals surface area contributed by atoms with E-state index in [0.717, 1.165) is 45.7 Å². The molecule has 0 aromatic rings. The maximum absolute atomic E-state index is 11.9. The van der Waals surface area contributed by atoms with Crippen molar-refractivity contribution in [2.45, 2.75) is 26.3 Å². The quantitative estimate of drug-likeness (QED) is 0.665. The van der Waals surface area contributed by atoms with Gasteiger partial charge in [-0.1, -0.05) is 0 Å². The summed E-state index contributed by atoms with van der Waals surface area (Å²) >= 11 is 0. The number of rotatable bonds is 7. The molecule has 5 nitrogen and oxygen atoms in total. The molecule has 1 saturated heterocycles. The summed E-state index contributed by atoms with van der Waals surface area (Å²) in [7, 11) is 4.24. The van der Waals surface area contributed by atoms with E-state index in [1.807, 2.05) is 4.90 Å². The van der Waals surface area contributed by atoms with Crippen molar-refractivity contribution in [3.8, 4) is 0 Å². The van der Waals surface area contributed by atoms with Crippen LogP contribution in [-0.4, -0.2) is 86.6 Å². The van der Waals surface area contributed by atoms with Crippen molar-refractivity contribution in [2.24, 2.45) is 0 Å². The molecule has 1 amide bonds. The van der Waals surface area contributed by atoms with Gasteiger partial charge in [-0.2, -0.15) is 0 Å². The van der Waals surface area contributed by atoms with Crippen LogP contribution in [0.2, 0.25) is 0 Å². The van der Waals surface area contributed by atoms with Crippen molar-refractivity contribution in [1.82, 2.24) is 20.0 Å². The van der Waals surface area contributed by atoms with Gasteiger partial charge in [0.25, 0.3) is 0 Å². The molecule has 19 heavy (non-hydrogen) atoms. The minimum atomic E-state index is 0.241. The predicted octanol–water partition coefficient (Wildman–Crippen LogP) is 0.0803. The summed E-state index contributed by atoms with van der Waals surface area (Å²) in [6.07, 6.45) is 1.09. The molecular formula is C14H30N4O. The molecule has 0 radical (unpaired) electrons. The molecule has 1 aliphatic heterocycles. The number of carbonyl (C=O) groups is 1. The van der Waals surface area contributed by atoms with Crippen LogP contribution in [0.15, 0.2) is 0 Å². The first-order valence-corrected chi connectivity index (χ1v) is 7.38. The molecule has 1 N–H and O–H groups in total. The zero-order valence-electron chi connectivity index (χ0n) is 13.0. The summed E-state index contributed by atoms with van der Waals surface area (Å²) in [5.41, 5.74) is 0. The van der Waals surface area contributed by atoms with Crippen molar-refractivity contribution in [3.63, 3.8) is 0 Å². The highest BCUT2D eigenvalue weighted by Crippen LogP contribution is 1.99. The van der Waals surface area contributed by atoms with Crippen LogP contribution in [0.1, 0.15) is 20.3 Å². The normalized spacial score (nSPS) is 17.5. The van der Waals surface area contributed by atoms with Crippen molar-refractivity contribution >= 4 is 5.91 Å². The van der Waals surface area contributed by atoms with E-state index in [1.165, 1.54) is 0 Å². The fourth-order valence-corrected chi connectivity index (χ4v) is 2.07. The lowest BCUT2D eigenvalue weighted by atomic mass is 10.3. The molecule has 5 heteroatoms. The molecule has 0 atom stereocenters. The maximum Gasteiger partial charge on any atom is 0.236 e. The largest absolute Gasteiger partial charge is 0.339 e. The molecular weight excluding hydrogens is 240 g/mol. The molecule has 1 aliphatic rings. The van der Waals surface area contributed by atoms with E-state index in [-0.39, 0.29) is 5.91 Å². The first kappa shape index (κ1) is 16.4. The molecule has 1 heterocycles. The van der Waals surface area contributed by atoms with Gasteiger partial charge in [0, 0.05) is 32.2 Å². The first-order valence-electron chi connectivity index (χ1n) is 7.38. The van der Waals surface area contributed by atoms with Gasteiger partial charge in [-0.3, -0.25) is 4.79 Å². The molecule has 0 aromatic heterocycles. The molecule has 0 spiro atoms. The lowest BCUT2D eigenvalue weighted by Gasteiger charge is -2.32. The Hall–Kier alpha value is -0.650. The third-order valence-electron chi connectivity index (χ3n) is 3.88. The average molecular weight is 270 g/mol. The van der Waals surface area contributed by atoms with Gasteiger partial charge < -0.3 is 20.0 Å². The summed E-state index contributed by atoms with van der Waals surface area (Å²) < 4.78 is 0. The number of nitrogens with zero attached hydrogens (tertiary/aromatic N) is 3. The summed E-state index contributed by atoms with van der Waals surface area (Å²) in [5, 5.41) is 3.26. The topological polar surface area (TPSA) is 38.8 Å². The van der Waals surface area contributed by atoms with Gasteiger partial charge in [-0.25, -0.2) is 0 Å². The minimum Gasteiger partial charge on any atom is -0.339 e. The van der Waals surface area contributed by atoms with Crippen LogP contribution in [0.25, 0.3) is 0 Å². The standard InChI is InChI=1S/C14H30N4O/c1-13(2)17(4)7-5-6-15-12-14(19)18-10-8-16(3)9-11-18/h13,15H,5-12H2,1-4H3. The average Bonchev–Trinajstić information content (AvgIpc) is 2.38. The van der Waals surface area contributed by atoms with Crippen LogP contribution in [0.4, 0.5) is 0 Å². The van der Waals surface area contributed by atoms with Crippen LogP contribution in [0.5, 0.6) is 0 Å². The minimum absolute atomic E-state index is 0.241. The highest BCUT2D eigenvalue weighted by Gasteiger charge is 2.18. The third-order valence-corrected chi connectivity index (χ3v) is 3.88.